The summed E-state index contributed by atoms with van der Waals surface area (Å²) in [5.41, 5.74) is 2.17. The van der Waals surface area contributed by atoms with Gasteiger partial charge in [-0.2, -0.15) is 0 Å². The molecule has 0 unspecified atom stereocenters. The summed E-state index contributed by atoms with van der Waals surface area (Å²) in [6.45, 7) is 4.11. The second-order valence-electron chi connectivity index (χ2n) is 9.99. The number of hydrogen-bond donors (Lipinski definition) is 1. The van der Waals surface area contributed by atoms with Crippen LogP contribution in [0.1, 0.15) is 29.8 Å². The van der Waals surface area contributed by atoms with E-state index in [1.807, 2.05) is 56.3 Å². The van der Waals surface area contributed by atoms with Crippen molar-refractivity contribution in [1.82, 2.24) is 5.32 Å². The van der Waals surface area contributed by atoms with Gasteiger partial charge in [0, 0.05) is 18.7 Å². The molecule has 0 saturated carbocycles. The molecule has 0 spiro atoms. The van der Waals surface area contributed by atoms with E-state index in [2.05, 4.69) is 5.32 Å². The van der Waals surface area contributed by atoms with Crippen molar-refractivity contribution in [3.8, 4) is 16.9 Å². The smallest absolute Gasteiger partial charge is 0.461 e. The van der Waals surface area contributed by atoms with Crippen LogP contribution in [0.2, 0.25) is 5.02 Å². The number of halogens is 1. The lowest BCUT2D eigenvalue weighted by Gasteiger charge is -2.45. The fourth-order valence-electron chi connectivity index (χ4n) is 5.05. The fourth-order valence-corrected chi connectivity index (χ4v) is 5.24. The predicted molar refractivity (Wildman–Crippen MR) is 145 cm³/mol. The van der Waals surface area contributed by atoms with Crippen molar-refractivity contribution in [2.24, 2.45) is 0 Å². The molecule has 2 aliphatic rings. The summed E-state index contributed by atoms with van der Waals surface area (Å²) >= 11 is 6.25. The van der Waals surface area contributed by atoms with E-state index in [0.29, 0.717) is 34.9 Å². The zero-order chi connectivity index (χ0) is 27.6. The van der Waals surface area contributed by atoms with Gasteiger partial charge in [-0.05, 0) is 67.3 Å². The Kier molecular flexibility index (Phi) is 7.79. The highest BCUT2D eigenvalue weighted by Crippen LogP contribution is 2.39. The third-order valence-electron chi connectivity index (χ3n) is 6.88. The molecule has 1 amide bonds. The summed E-state index contributed by atoms with van der Waals surface area (Å²) in [5, 5.41) is 3.57. The molecule has 5 rings (SSSR count). The number of carbonyl (C=O) groups is 2. The molecule has 39 heavy (non-hydrogen) atoms. The lowest BCUT2D eigenvalue weighted by atomic mass is 9.89. The van der Waals surface area contributed by atoms with Crippen molar-refractivity contribution in [3.05, 3.63) is 88.9 Å². The van der Waals surface area contributed by atoms with Crippen molar-refractivity contribution >= 4 is 23.7 Å². The maximum Gasteiger partial charge on any atom is 0.509 e. The maximum absolute atomic E-state index is 13.4. The highest BCUT2D eigenvalue weighted by atomic mass is 35.5. The minimum Gasteiger partial charge on any atom is -0.461 e. The Morgan fingerprint density at radius 2 is 1.77 bits per heavy atom. The van der Waals surface area contributed by atoms with Crippen LogP contribution >= 0.6 is 11.6 Å². The summed E-state index contributed by atoms with van der Waals surface area (Å²) in [6, 6.07) is 22.4. The van der Waals surface area contributed by atoms with Gasteiger partial charge < -0.3 is 29.0 Å². The Hall–Kier alpha value is -3.59. The van der Waals surface area contributed by atoms with Crippen molar-refractivity contribution in [3.63, 3.8) is 0 Å². The molecule has 0 aromatic heterocycles. The minimum atomic E-state index is -0.978. The standard InChI is InChI=1S/C30H30ClNO7/c1-30(2)26(35-3)24-25(38-29(34)37-24)28(39-30)36-21-12-13-22(19-10-7-11-20(31)16-19)23(17-21)27(33)32-15-14-18-8-5-4-6-9-18/h4-13,16-17,24-26,28H,14-15H2,1-3H3,(H,32,33)/t24-,25+,26+,28+/m0/s1. The Balaban J connectivity index is 1.41. The zero-order valence-electron chi connectivity index (χ0n) is 21.9. The van der Waals surface area contributed by atoms with Crippen LogP contribution in [-0.4, -0.2) is 55.9 Å². The molecule has 2 saturated heterocycles. The summed E-state index contributed by atoms with van der Waals surface area (Å²) in [5.74, 6) is 0.108. The SMILES string of the molecule is CO[C@@H]1[C@H]2OC(=O)O[C@H]2[C@H](Oc2ccc(-c3cccc(Cl)c3)c(C(=O)NCCc3ccccc3)c2)OC1(C)C. The van der Waals surface area contributed by atoms with Crippen molar-refractivity contribution < 1.29 is 33.3 Å². The third-order valence-corrected chi connectivity index (χ3v) is 7.11. The van der Waals surface area contributed by atoms with Gasteiger partial charge in [0.25, 0.3) is 5.91 Å². The van der Waals surface area contributed by atoms with Gasteiger partial charge in [-0.1, -0.05) is 54.1 Å². The van der Waals surface area contributed by atoms with Crippen LogP contribution in [0.15, 0.2) is 72.8 Å². The Bertz CT molecular complexity index is 1350. The van der Waals surface area contributed by atoms with Crippen LogP contribution in [-0.2, 0) is 25.4 Å². The summed E-state index contributed by atoms with van der Waals surface area (Å²) in [7, 11) is 1.53. The van der Waals surface area contributed by atoms with E-state index in [1.165, 1.54) is 7.11 Å². The number of ether oxygens (including phenoxy) is 5. The second-order valence-corrected chi connectivity index (χ2v) is 10.4. The van der Waals surface area contributed by atoms with E-state index in [0.717, 1.165) is 11.1 Å². The van der Waals surface area contributed by atoms with Crippen LogP contribution in [0.3, 0.4) is 0 Å². The minimum absolute atomic E-state index is 0.260. The summed E-state index contributed by atoms with van der Waals surface area (Å²) < 4.78 is 28.7. The fraction of sp³-hybridized carbons (Fsp3) is 0.333. The molecule has 2 fully saturated rings. The van der Waals surface area contributed by atoms with Crippen LogP contribution in [0.4, 0.5) is 4.79 Å². The monoisotopic (exact) mass is 551 g/mol. The normalized spacial score (nSPS) is 23.3. The van der Waals surface area contributed by atoms with Crippen molar-refractivity contribution in [2.45, 2.75) is 50.5 Å². The first-order chi connectivity index (χ1) is 18.7. The topological polar surface area (TPSA) is 92.3 Å². The van der Waals surface area contributed by atoms with Crippen LogP contribution < -0.4 is 10.1 Å². The van der Waals surface area contributed by atoms with E-state index in [4.69, 9.17) is 35.3 Å². The van der Waals surface area contributed by atoms with Gasteiger partial charge in [0.15, 0.2) is 6.10 Å². The number of benzene rings is 3. The maximum atomic E-state index is 13.4. The average molecular weight is 552 g/mol. The van der Waals surface area contributed by atoms with Gasteiger partial charge in [-0.15, -0.1) is 0 Å². The lowest BCUT2D eigenvalue weighted by Crippen LogP contribution is -2.62. The molecule has 8 nitrogen and oxygen atoms in total. The van der Waals surface area contributed by atoms with Crippen LogP contribution in [0, 0.1) is 0 Å². The van der Waals surface area contributed by atoms with Gasteiger partial charge in [-0.3, -0.25) is 4.79 Å². The molecule has 0 aliphatic carbocycles. The first kappa shape index (κ1) is 27.0. The van der Waals surface area contributed by atoms with Gasteiger partial charge in [0.1, 0.15) is 11.9 Å². The van der Waals surface area contributed by atoms with E-state index in [-0.39, 0.29) is 5.91 Å². The predicted octanol–water partition coefficient (Wildman–Crippen LogP) is 5.41. The molecular weight excluding hydrogens is 522 g/mol. The zero-order valence-corrected chi connectivity index (χ0v) is 22.6. The summed E-state index contributed by atoms with van der Waals surface area (Å²) in [6.07, 6.45) is -3.19. The molecule has 2 heterocycles. The summed E-state index contributed by atoms with van der Waals surface area (Å²) in [4.78, 5) is 25.4. The average Bonchev–Trinajstić information content (AvgIpc) is 3.30. The number of nitrogens with one attached hydrogen (secondary N) is 1. The second kappa shape index (κ2) is 11.3. The number of carbonyl (C=O) groups excluding carboxylic acids is 2. The van der Waals surface area contributed by atoms with Crippen LogP contribution in [0.5, 0.6) is 5.75 Å². The lowest BCUT2D eigenvalue weighted by molar-refractivity contribution is -0.282. The molecule has 204 valence electrons. The van der Waals surface area contributed by atoms with Gasteiger partial charge in [-0.25, -0.2) is 4.79 Å². The van der Waals surface area contributed by atoms with E-state index in [1.54, 1.807) is 30.3 Å². The number of amides is 1. The van der Waals surface area contributed by atoms with E-state index >= 15 is 0 Å². The van der Waals surface area contributed by atoms with Gasteiger partial charge >= 0.3 is 6.16 Å². The molecule has 1 N–H and O–H groups in total. The quantitative estimate of drug-likeness (QED) is 0.374. The molecule has 3 aromatic carbocycles. The molecule has 2 aliphatic heterocycles. The number of fused-ring (bicyclic) bond motifs is 1. The van der Waals surface area contributed by atoms with Gasteiger partial charge in [0.05, 0.1) is 11.2 Å². The molecule has 4 atom stereocenters. The highest BCUT2D eigenvalue weighted by molar-refractivity contribution is 6.30. The van der Waals surface area contributed by atoms with Crippen LogP contribution in [0.25, 0.3) is 11.1 Å². The number of methoxy groups -OCH3 is 1. The molecule has 0 bridgehead atoms. The molecule has 0 radical (unpaired) electrons. The van der Waals surface area contributed by atoms with Gasteiger partial charge in [0.2, 0.25) is 12.4 Å². The molecule has 3 aromatic rings. The Morgan fingerprint density at radius 3 is 2.51 bits per heavy atom. The molecular formula is C30H30ClNO7. The Labute approximate surface area is 232 Å². The molecule has 9 heteroatoms. The first-order valence-electron chi connectivity index (χ1n) is 12.7. The van der Waals surface area contributed by atoms with E-state index < -0.39 is 36.4 Å². The number of hydrogen-bond acceptors (Lipinski definition) is 7. The van der Waals surface area contributed by atoms with Crippen molar-refractivity contribution in [2.75, 3.05) is 13.7 Å². The largest absolute Gasteiger partial charge is 0.509 e. The third kappa shape index (κ3) is 5.88. The highest BCUT2D eigenvalue weighted by Gasteiger charge is 2.58. The van der Waals surface area contributed by atoms with Crippen molar-refractivity contribution in [1.29, 1.82) is 0 Å². The Morgan fingerprint density at radius 1 is 1.00 bits per heavy atom. The number of rotatable bonds is 8. The first-order valence-corrected chi connectivity index (χ1v) is 13.1. The van der Waals surface area contributed by atoms with E-state index in [9.17, 15) is 9.59 Å².